The molecule has 0 amide bonds. The van der Waals surface area contributed by atoms with Gasteiger partial charge in [-0.25, -0.2) is 19.2 Å². The average Bonchev–Trinajstić information content (AvgIpc) is 3.10. The standard InChI is InChI=1S/C21H29FN4O3S.HI/c1-6-23-21(24-12-15-9-10-17(28-7-2)16(22)11-15)26-14(5)19-25-13(4)18(30-19)20(27)29-8-3;/h9-11,14H,6-8,12H2,1-5H3,(H2,23,24,26);1H. The Labute approximate surface area is 203 Å². The Balaban J connectivity index is 0.00000480. The first-order valence-electron chi connectivity index (χ1n) is 10.00. The molecule has 1 heterocycles. The van der Waals surface area contributed by atoms with Crippen LogP contribution < -0.4 is 15.4 Å². The second-order valence-electron chi connectivity index (χ2n) is 6.45. The summed E-state index contributed by atoms with van der Waals surface area (Å²) in [5.74, 6) is 0.0509. The SMILES string of the molecule is CCNC(=NCc1ccc(OCC)c(F)c1)NC(C)c1nc(C)c(C(=O)OCC)s1.I. The van der Waals surface area contributed by atoms with Crippen molar-refractivity contribution in [3.05, 3.63) is 45.2 Å². The van der Waals surface area contributed by atoms with Crippen LogP contribution in [0.15, 0.2) is 23.2 Å². The van der Waals surface area contributed by atoms with Gasteiger partial charge in [0.2, 0.25) is 0 Å². The minimum atomic E-state index is -0.402. The third-order valence-corrected chi connectivity index (χ3v) is 5.38. The number of hydrogen-bond acceptors (Lipinski definition) is 6. The molecule has 0 spiro atoms. The van der Waals surface area contributed by atoms with Gasteiger partial charge in [-0.15, -0.1) is 35.3 Å². The van der Waals surface area contributed by atoms with Crippen LogP contribution in [0.1, 0.15) is 59.7 Å². The zero-order valence-corrected chi connectivity index (χ0v) is 21.6. The number of aromatic nitrogens is 1. The molecule has 10 heteroatoms. The fourth-order valence-corrected chi connectivity index (χ4v) is 3.62. The van der Waals surface area contributed by atoms with E-state index in [2.05, 4.69) is 20.6 Å². The number of benzene rings is 1. The van der Waals surface area contributed by atoms with Crippen molar-refractivity contribution in [1.29, 1.82) is 0 Å². The fourth-order valence-electron chi connectivity index (χ4n) is 2.66. The molecule has 0 fully saturated rings. The molecule has 0 saturated heterocycles. The van der Waals surface area contributed by atoms with Crippen molar-refractivity contribution in [2.24, 2.45) is 4.99 Å². The molecule has 1 atom stereocenters. The number of halogens is 2. The summed E-state index contributed by atoms with van der Waals surface area (Å²) in [6.07, 6.45) is 0. The second-order valence-corrected chi connectivity index (χ2v) is 7.48. The molecular formula is C21H30FIN4O3S. The lowest BCUT2D eigenvalue weighted by Gasteiger charge is -2.16. The van der Waals surface area contributed by atoms with Crippen LogP contribution in [0.5, 0.6) is 5.75 Å². The van der Waals surface area contributed by atoms with Gasteiger partial charge in [0, 0.05) is 6.54 Å². The lowest BCUT2D eigenvalue weighted by molar-refractivity contribution is 0.0531. The molecule has 7 nitrogen and oxygen atoms in total. The highest BCUT2D eigenvalue weighted by atomic mass is 127. The summed E-state index contributed by atoms with van der Waals surface area (Å²) < 4.78 is 24.4. The summed E-state index contributed by atoms with van der Waals surface area (Å²) in [6, 6.07) is 4.66. The van der Waals surface area contributed by atoms with Crippen LogP contribution in [0, 0.1) is 12.7 Å². The zero-order valence-electron chi connectivity index (χ0n) is 18.5. The highest BCUT2D eigenvalue weighted by Crippen LogP contribution is 2.24. The van der Waals surface area contributed by atoms with Gasteiger partial charge in [-0.1, -0.05) is 6.07 Å². The van der Waals surface area contributed by atoms with Gasteiger partial charge in [0.15, 0.2) is 17.5 Å². The summed E-state index contributed by atoms with van der Waals surface area (Å²) in [5, 5.41) is 7.21. The number of rotatable bonds is 9. The zero-order chi connectivity index (χ0) is 22.1. The van der Waals surface area contributed by atoms with Gasteiger partial charge >= 0.3 is 5.97 Å². The second kappa shape index (κ2) is 13.5. The summed E-state index contributed by atoms with van der Waals surface area (Å²) in [5.41, 5.74) is 1.38. The third kappa shape index (κ3) is 7.91. The molecule has 2 rings (SSSR count). The van der Waals surface area contributed by atoms with Crippen LogP contribution in [0.4, 0.5) is 4.39 Å². The van der Waals surface area contributed by atoms with Crippen LogP contribution >= 0.6 is 35.3 Å². The number of carbonyl (C=O) groups excluding carboxylic acids is 1. The Hall–Kier alpha value is -1.95. The van der Waals surface area contributed by atoms with Crippen molar-refractivity contribution in [3.8, 4) is 5.75 Å². The Bertz CT molecular complexity index is 892. The maximum Gasteiger partial charge on any atom is 0.350 e. The monoisotopic (exact) mass is 564 g/mol. The number of carbonyl (C=O) groups is 1. The van der Waals surface area contributed by atoms with Gasteiger partial charge in [0.25, 0.3) is 0 Å². The van der Waals surface area contributed by atoms with E-state index in [0.717, 1.165) is 10.6 Å². The van der Waals surface area contributed by atoms with E-state index in [1.54, 1.807) is 26.0 Å². The molecule has 1 aromatic heterocycles. The number of nitrogens with one attached hydrogen (secondary N) is 2. The van der Waals surface area contributed by atoms with Crippen LogP contribution in [-0.2, 0) is 11.3 Å². The summed E-state index contributed by atoms with van der Waals surface area (Å²) >= 11 is 1.30. The summed E-state index contributed by atoms with van der Waals surface area (Å²) in [6.45, 7) is 11.0. The topological polar surface area (TPSA) is 84.8 Å². The number of esters is 1. The van der Waals surface area contributed by atoms with E-state index in [-0.39, 0.29) is 41.7 Å². The number of nitrogens with zero attached hydrogens (tertiary/aromatic N) is 2. The average molecular weight is 564 g/mol. The van der Waals surface area contributed by atoms with E-state index in [0.29, 0.717) is 42.8 Å². The van der Waals surface area contributed by atoms with Crippen molar-refractivity contribution in [1.82, 2.24) is 15.6 Å². The van der Waals surface area contributed by atoms with Crippen molar-refractivity contribution in [2.75, 3.05) is 19.8 Å². The number of aliphatic imine (C=N–C) groups is 1. The van der Waals surface area contributed by atoms with E-state index in [9.17, 15) is 9.18 Å². The quantitative estimate of drug-likeness (QED) is 0.201. The molecule has 0 aliphatic carbocycles. The first-order valence-corrected chi connectivity index (χ1v) is 10.8. The van der Waals surface area contributed by atoms with E-state index < -0.39 is 5.82 Å². The molecule has 2 aromatic rings. The van der Waals surface area contributed by atoms with Gasteiger partial charge in [-0.3, -0.25) is 0 Å². The maximum atomic E-state index is 14.1. The predicted molar refractivity (Wildman–Crippen MR) is 132 cm³/mol. The fraction of sp³-hybridized carbons (Fsp3) is 0.476. The summed E-state index contributed by atoms with van der Waals surface area (Å²) in [7, 11) is 0. The van der Waals surface area contributed by atoms with Gasteiger partial charge in [-0.05, 0) is 52.3 Å². The molecule has 31 heavy (non-hydrogen) atoms. The van der Waals surface area contributed by atoms with Crippen molar-refractivity contribution < 1.29 is 18.7 Å². The van der Waals surface area contributed by atoms with Crippen molar-refractivity contribution in [2.45, 2.75) is 47.2 Å². The minimum absolute atomic E-state index is 0. The Morgan fingerprint density at radius 3 is 2.65 bits per heavy atom. The molecule has 0 aliphatic heterocycles. The van der Waals surface area contributed by atoms with Crippen LogP contribution in [0.3, 0.4) is 0 Å². The van der Waals surface area contributed by atoms with Gasteiger partial charge in [0.1, 0.15) is 9.88 Å². The van der Waals surface area contributed by atoms with Crippen LogP contribution in [0.2, 0.25) is 0 Å². The maximum absolute atomic E-state index is 14.1. The molecule has 2 N–H and O–H groups in total. The largest absolute Gasteiger partial charge is 0.491 e. The first kappa shape index (κ1) is 27.1. The predicted octanol–water partition coefficient (Wildman–Crippen LogP) is 4.60. The lowest BCUT2D eigenvalue weighted by atomic mass is 10.2. The highest BCUT2D eigenvalue weighted by Gasteiger charge is 2.20. The smallest absolute Gasteiger partial charge is 0.350 e. The number of hydrogen-bond donors (Lipinski definition) is 2. The van der Waals surface area contributed by atoms with Gasteiger partial charge < -0.3 is 20.1 Å². The van der Waals surface area contributed by atoms with E-state index in [1.165, 1.54) is 17.4 Å². The third-order valence-electron chi connectivity index (χ3n) is 4.06. The van der Waals surface area contributed by atoms with E-state index in [4.69, 9.17) is 9.47 Å². The molecule has 1 unspecified atom stereocenters. The number of thiazole rings is 1. The number of ether oxygens (including phenoxy) is 2. The van der Waals surface area contributed by atoms with Gasteiger partial charge in [-0.2, -0.15) is 0 Å². The number of aryl methyl sites for hydroxylation is 1. The Morgan fingerprint density at radius 1 is 1.29 bits per heavy atom. The molecule has 1 aromatic carbocycles. The molecule has 0 saturated carbocycles. The molecular weight excluding hydrogens is 534 g/mol. The van der Waals surface area contributed by atoms with Crippen LogP contribution in [0.25, 0.3) is 0 Å². The Kier molecular flexibility index (Phi) is 11.8. The minimum Gasteiger partial charge on any atom is -0.491 e. The normalized spacial score (nSPS) is 12.0. The molecule has 0 bridgehead atoms. The van der Waals surface area contributed by atoms with E-state index in [1.807, 2.05) is 20.8 Å². The van der Waals surface area contributed by atoms with Crippen LogP contribution in [-0.4, -0.2) is 36.7 Å². The van der Waals surface area contributed by atoms with Crippen molar-refractivity contribution in [3.63, 3.8) is 0 Å². The molecule has 0 radical (unpaired) electrons. The lowest BCUT2D eigenvalue weighted by Crippen LogP contribution is -2.38. The van der Waals surface area contributed by atoms with E-state index >= 15 is 0 Å². The Morgan fingerprint density at radius 2 is 2.03 bits per heavy atom. The first-order chi connectivity index (χ1) is 14.4. The molecule has 0 aliphatic rings. The highest BCUT2D eigenvalue weighted by molar-refractivity contribution is 14.0. The van der Waals surface area contributed by atoms with Gasteiger partial charge in [0.05, 0.1) is 31.5 Å². The van der Waals surface area contributed by atoms with Crippen molar-refractivity contribution >= 4 is 47.2 Å². The molecule has 172 valence electrons. The summed E-state index contributed by atoms with van der Waals surface area (Å²) in [4.78, 5) is 21.6. The number of guanidine groups is 1.